The minimum atomic E-state index is -3.46. The van der Waals surface area contributed by atoms with E-state index in [-0.39, 0.29) is 17.1 Å². The molecule has 0 bridgehead atoms. The molecule has 1 fully saturated rings. The van der Waals surface area contributed by atoms with E-state index in [1.165, 1.54) is 19.3 Å². The van der Waals surface area contributed by atoms with E-state index in [1.54, 1.807) is 24.3 Å². The highest BCUT2D eigenvalue weighted by Crippen LogP contribution is 2.27. The van der Waals surface area contributed by atoms with Gasteiger partial charge in [-0.15, -0.1) is 0 Å². The number of benzene rings is 1. The quantitative estimate of drug-likeness (QED) is 0.578. The number of methoxy groups -OCH3 is 1. The van der Waals surface area contributed by atoms with Crippen molar-refractivity contribution in [1.82, 2.24) is 0 Å². The molecule has 126 valence electrons. The number of esters is 1. The van der Waals surface area contributed by atoms with E-state index < -0.39 is 21.6 Å². The normalized spacial score (nSPS) is 17.5. The molecule has 1 aliphatic heterocycles. The number of ether oxygens (including phenoxy) is 3. The summed E-state index contributed by atoms with van der Waals surface area (Å²) in [6.07, 6.45) is 2.69. The van der Waals surface area contributed by atoms with Crippen molar-refractivity contribution >= 4 is 15.8 Å². The maximum atomic E-state index is 12.4. The van der Waals surface area contributed by atoms with Gasteiger partial charge in [0.05, 0.1) is 31.0 Å². The molecule has 23 heavy (non-hydrogen) atoms. The Morgan fingerprint density at radius 2 is 1.87 bits per heavy atom. The van der Waals surface area contributed by atoms with Crippen LogP contribution >= 0.6 is 0 Å². The number of carbonyl (C=O) groups is 1. The van der Waals surface area contributed by atoms with Crippen LogP contribution in [-0.4, -0.2) is 46.3 Å². The highest BCUT2D eigenvalue weighted by molar-refractivity contribution is 7.91. The molecule has 0 spiro atoms. The van der Waals surface area contributed by atoms with Crippen molar-refractivity contribution < 1.29 is 27.4 Å². The van der Waals surface area contributed by atoms with Gasteiger partial charge in [-0.1, -0.05) is 17.7 Å². The van der Waals surface area contributed by atoms with Gasteiger partial charge in [-0.25, -0.2) is 13.2 Å². The summed E-state index contributed by atoms with van der Waals surface area (Å²) in [7, 11) is -2.20. The Morgan fingerprint density at radius 3 is 2.43 bits per heavy atom. The topological polar surface area (TPSA) is 78.9 Å². The molecule has 7 heteroatoms. The summed E-state index contributed by atoms with van der Waals surface area (Å²) in [6.45, 7) is 2.58. The highest BCUT2D eigenvalue weighted by atomic mass is 32.2. The molecule has 1 heterocycles. The molecule has 0 saturated carbocycles. The first kappa shape index (κ1) is 17.7. The average molecular weight is 340 g/mol. The second-order valence-electron chi connectivity index (χ2n) is 5.25. The molecule has 0 aliphatic carbocycles. The Bertz CT molecular complexity index is 669. The van der Waals surface area contributed by atoms with Gasteiger partial charge in [0.25, 0.3) is 0 Å². The molecule has 0 aromatic heterocycles. The average Bonchev–Trinajstić information content (AvgIpc) is 3.01. The summed E-state index contributed by atoms with van der Waals surface area (Å²) in [5.74, 6) is -1.90. The van der Waals surface area contributed by atoms with Crippen molar-refractivity contribution in [2.75, 3.05) is 26.1 Å². The van der Waals surface area contributed by atoms with Gasteiger partial charge in [-0.05, 0) is 25.1 Å². The Labute approximate surface area is 136 Å². The summed E-state index contributed by atoms with van der Waals surface area (Å²) < 4.78 is 40.4. The Balaban J connectivity index is 2.10. The predicted octanol–water partition coefficient (Wildman–Crippen LogP) is 1.63. The van der Waals surface area contributed by atoms with Gasteiger partial charge in [0, 0.05) is 12.5 Å². The summed E-state index contributed by atoms with van der Waals surface area (Å²) in [4.78, 5) is 11.5. The van der Waals surface area contributed by atoms with Crippen LogP contribution in [0.3, 0.4) is 0 Å². The minimum Gasteiger partial charge on any atom is -0.466 e. The zero-order chi connectivity index (χ0) is 16.9. The first-order valence-electron chi connectivity index (χ1n) is 7.21. The largest absolute Gasteiger partial charge is 0.466 e. The van der Waals surface area contributed by atoms with Crippen LogP contribution in [-0.2, 0) is 28.8 Å². The van der Waals surface area contributed by atoms with Crippen molar-refractivity contribution in [3.8, 4) is 0 Å². The number of hydrogen-bond acceptors (Lipinski definition) is 6. The van der Waals surface area contributed by atoms with E-state index >= 15 is 0 Å². The molecular formula is C16H20O6S. The zero-order valence-electron chi connectivity index (χ0n) is 13.2. The lowest BCUT2D eigenvalue weighted by Gasteiger charge is -2.23. The standard InChI is InChI=1S/C16H20O6S/c1-13-3-5-14(6-4-13)23(18,19)12-9-16(21-10-11-22-16)8-7-15(17)20-2/h3-8H,9-12H2,1-2H3/b8-7+. The molecule has 1 saturated heterocycles. The number of hydrogen-bond donors (Lipinski definition) is 0. The minimum absolute atomic E-state index is 0.0940. The summed E-state index contributed by atoms with van der Waals surface area (Å²) in [6, 6.07) is 6.67. The van der Waals surface area contributed by atoms with Crippen LogP contribution < -0.4 is 0 Å². The molecular weight excluding hydrogens is 320 g/mol. The Morgan fingerprint density at radius 1 is 1.26 bits per heavy atom. The summed E-state index contributed by atoms with van der Waals surface area (Å²) >= 11 is 0. The lowest BCUT2D eigenvalue weighted by atomic mass is 10.2. The lowest BCUT2D eigenvalue weighted by Crippen LogP contribution is -2.30. The molecule has 1 aromatic carbocycles. The van der Waals surface area contributed by atoms with E-state index in [4.69, 9.17) is 9.47 Å². The SMILES string of the molecule is COC(=O)/C=C/C1(CCS(=O)(=O)c2ccc(C)cc2)OCCO1. The smallest absolute Gasteiger partial charge is 0.330 e. The van der Waals surface area contributed by atoms with Crippen LogP contribution in [0.5, 0.6) is 0 Å². The molecule has 0 atom stereocenters. The molecule has 2 rings (SSSR count). The number of carbonyl (C=O) groups excluding carboxylic acids is 1. The summed E-state index contributed by atoms with van der Waals surface area (Å²) in [5.41, 5.74) is 0.990. The fourth-order valence-electron chi connectivity index (χ4n) is 2.20. The van der Waals surface area contributed by atoms with Crippen LogP contribution in [0.1, 0.15) is 12.0 Å². The van der Waals surface area contributed by atoms with Gasteiger partial charge in [-0.2, -0.15) is 0 Å². The van der Waals surface area contributed by atoms with Crippen LogP contribution in [0.4, 0.5) is 0 Å². The second-order valence-corrected chi connectivity index (χ2v) is 7.36. The number of aryl methyl sites for hydroxylation is 1. The fraction of sp³-hybridized carbons (Fsp3) is 0.438. The van der Waals surface area contributed by atoms with Gasteiger partial charge in [0.1, 0.15) is 0 Å². The van der Waals surface area contributed by atoms with Crippen molar-refractivity contribution in [1.29, 1.82) is 0 Å². The van der Waals surface area contributed by atoms with Crippen molar-refractivity contribution in [3.05, 3.63) is 42.0 Å². The first-order valence-corrected chi connectivity index (χ1v) is 8.87. The maximum Gasteiger partial charge on any atom is 0.330 e. The van der Waals surface area contributed by atoms with Crippen LogP contribution in [0, 0.1) is 6.92 Å². The molecule has 1 aromatic rings. The van der Waals surface area contributed by atoms with Gasteiger partial charge in [0.15, 0.2) is 15.6 Å². The predicted molar refractivity (Wildman–Crippen MR) is 83.6 cm³/mol. The lowest BCUT2D eigenvalue weighted by molar-refractivity contribution is -0.136. The van der Waals surface area contributed by atoms with Crippen LogP contribution in [0.15, 0.2) is 41.3 Å². The van der Waals surface area contributed by atoms with Gasteiger partial charge in [0.2, 0.25) is 0 Å². The van der Waals surface area contributed by atoms with Gasteiger partial charge < -0.3 is 14.2 Å². The number of rotatable bonds is 6. The zero-order valence-corrected chi connectivity index (χ0v) is 14.0. The number of sulfone groups is 1. The third-order valence-electron chi connectivity index (χ3n) is 3.55. The molecule has 1 aliphatic rings. The third-order valence-corrected chi connectivity index (χ3v) is 5.28. The van der Waals surface area contributed by atoms with Crippen molar-refractivity contribution in [3.63, 3.8) is 0 Å². The van der Waals surface area contributed by atoms with E-state index in [9.17, 15) is 13.2 Å². The van der Waals surface area contributed by atoms with Crippen LogP contribution in [0.2, 0.25) is 0 Å². The molecule has 0 radical (unpaired) electrons. The Kier molecular flexibility index (Phi) is 5.56. The fourth-order valence-corrected chi connectivity index (χ4v) is 3.54. The molecule has 0 N–H and O–H groups in total. The van der Waals surface area contributed by atoms with E-state index in [2.05, 4.69) is 4.74 Å². The highest BCUT2D eigenvalue weighted by Gasteiger charge is 2.35. The monoisotopic (exact) mass is 340 g/mol. The maximum absolute atomic E-state index is 12.4. The van der Waals surface area contributed by atoms with Crippen molar-refractivity contribution in [2.45, 2.75) is 24.0 Å². The second kappa shape index (κ2) is 7.25. The van der Waals surface area contributed by atoms with Gasteiger partial charge >= 0.3 is 5.97 Å². The first-order chi connectivity index (χ1) is 10.9. The van der Waals surface area contributed by atoms with E-state index in [0.29, 0.717) is 13.2 Å². The van der Waals surface area contributed by atoms with Gasteiger partial charge in [-0.3, -0.25) is 0 Å². The molecule has 0 unspecified atom stereocenters. The third kappa shape index (κ3) is 4.63. The van der Waals surface area contributed by atoms with E-state index in [1.807, 2.05) is 6.92 Å². The van der Waals surface area contributed by atoms with Crippen molar-refractivity contribution in [2.24, 2.45) is 0 Å². The molecule has 0 amide bonds. The summed E-state index contributed by atoms with van der Waals surface area (Å²) in [5, 5.41) is 0. The van der Waals surface area contributed by atoms with E-state index in [0.717, 1.165) is 5.56 Å². The molecule has 6 nitrogen and oxygen atoms in total. The Hall–Kier alpha value is -1.70. The van der Waals surface area contributed by atoms with Crippen LogP contribution in [0.25, 0.3) is 0 Å².